The number of nitrogens with one attached hydrogen (secondary N) is 1. The predicted octanol–water partition coefficient (Wildman–Crippen LogP) is 5.29. The van der Waals surface area contributed by atoms with Crippen molar-refractivity contribution in [2.24, 2.45) is 0 Å². The quantitative estimate of drug-likeness (QED) is 0.162. The molecule has 3 aromatic carbocycles. The number of methoxy groups -OCH3 is 1. The molecule has 0 aliphatic heterocycles. The molecule has 0 aliphatic rings. The van der Waals surface area contributed by atoms with Crippen LogP contribution in [0.25, 0.3) is 6.08 Å². The zero-order valence-corrected chi connectivity index (χ0v) is 20.2. The zero-order valence-electron chi connectivity index (χ0n) is 18.6. The van der Waals surface area contributed by atoms with Gasteiger partial charge in [0.05, 0.1) is 27.5 Å². The molecule has 0 spiro atoms. The van der Waals surface area contributed by atoms with Gasteiger partial charge in [0.25, 0.3) is 11.6 Å². The van der Waals surface area contributed by atoms with Crippen LogP contribution in [0.3, 0.4) is 0 Å². The lowest BCUT2D eigenvalue weighted by Gasteiger charge is -2.13. The molecule has 182 valence electrons. The van der Waals surface area contributed by atoms with E-state index >= 15 is 0 Å². The van der Waals surface area contributed by atoms with Crippen LogP contribution in [0, 0.1) is 31.6 Å². The zero-order chi connectivity index (χ0) is 26.2. The summed E-state index contributed by atoms with van der Waals surface area (Å²) in [5, 5.41) is 34.6. The summed E-state index contributed by atoms with van der Waals surface area (Å²) >= 11 is 3.31. The summed E-state index contributed by atoms with van der Waals surface area (Å²) in [6, 6.07) is 17.0. The number of carbonyl (C=O) groups is 1. The van der Waals surface area contributed by atoms with Crippen molar-refractivity contribution in [3.05, 3.63) is 102 Å². The minimum absolute atomic E-state index is 0.0543. The number of hydrogen-bond acceptors (Lipinski definition) is 8. The van der Waals surface area contributed by atoms with Crippen LogP contribution in [0.4, 0.5) is 11.4 Å². The van der Waals surface area contributed by atoms with Gasteiger partial charge in [0.1, 0.15) is 11.6 Å². The Bertz CT molecular complexity index is 1400. The van der Waals surface area contributed by atoms with Crippen LogP contribution in [0.15, 0.2) is 70.7 Å². The first kappa shape index (κ1) is 25.9. The van der Waals surface area contributed by atoms with Crippen LogP contribution in [0.2, 0.25) is 0 Å². The molecule has 36 heavy (non-hydrogen) atoms. The minimum Gasteiger partial charge on any atom is -0.493 e. The van der Waals surface area contributed by atoms with Crippen LogP contribution in [-0.2, 0) is 11.3 Å². The molecular weight excluding hydrogens is 536 g/mol. The van der Waals surface area contributed by atoms with E-state index in [1.165, 1.54) is 25.3 Å². The molecule has 0 bridgehead atoms. The Morgan fingerprint density at radius 1 is 1.08 bits per heavy atom. The highest BCUT2D eigenvalue weighted by atomic mass is 79.9. The van der Waals surface area contributed by atoms with Gasteiger partial charge in [-0.25, -0.2) is 0 Å². The highest BCUT2D eigenvalue weighted by molar-refractivity contribution is 9.10. The van der Waals surface area contributed by atoms with Crippen molar-refractivity contribution >= 4 is 39.3 Å². The molecule has 11 nitrogen and oxygen atoms in total. The summed E-state index contributed by atoms with van der Waals surface area (Å²) in [5.74, 6) is -0.631. The average molecular weight is 553 g/mol. The van der Waals surface area contributed by atoms with Gasteiger partial charge in [0.15, 0.2) is 11.5 Å². The van der Waals surface area contributed by atoms with E-state index in [2.05, 4.69) is 21.2 Å². The van der Waals surface area contributed by atoms with E-state index in [4.69, 9.17) is 9.47 Å². The molecular formula is C24H17BrN4O7. The molecule has 0 aliphatic carbocycles. The Balaban J connectivity index is 1.89. The maximum Gasteiger partial charge on any atom is 0.318 e. The molecule has 0 aromatic heterocycles. The maximum absolute atomic E-state index is 12.5. The highest BCUT2D eigenvalue weighted by Crippen LogP contribution is 2.43. The fraction of sp³-hybridized carbons (Fsp3) is 0.0833. The third-order valence-electron chi connectivity index (χ3n) is 4.79. The summed E-state index contributed by atoms with van der Waals surface area (Å²) in [6.45, 7) is 0.243. The number of nitro benzene ring substituents is 2. The third-order valence-corrected chi connectivity index (χ3v) is 5.37. The van der Waals surface area contributed by atoms with Crippen molar-refractivity contribution in [1.82, 2.24) is 5.32 Å². The van der Waals surface area contributed by atoms with Crippen LogP contribution in [0.5, 0.6) is 17.2 Å². The minimum atomic E-state index is -0.799. The number of rotatable bonds is 9. The topological polar surface area (TPSA) is 158 Å². The number of amides is 1. The first-order chi connectivity index (χ1) is 17.2. The van der Waals surface area contributed by atoms with E-state index in [-0.39, 0.29) is 29.4 Å². The molecule has 0 saturated carbocycles. The van der Waals surface area contributed by atoms with Crippen LogP contribution in [0.1, 0.15) is 11.1 Å². The number of nitrogens with zero attached hydrogens (tertiary/aromatic N) is 3. The normalized spacial score (nSPS) is 10.8. The van der Waals surface area contributed by atoms with E-state index in [1.54, 1.807) is 0 Å². The first-order valence-corrected chi connectivity index (χ1v) is 10.9. The van der Waals surface area contributed by atoms with Gasteiger partial charge in [0, 0.05) is 12.6 Å². The van der Waals surface area contributed by atoms with Gasteiger partial charge in [-0.05, 0) is 51.3 Å². The van der Waals surface area contributed by atoms with E-state index in [1.807, 2.05) is 36.4 Å². The molecule has 0 saturated heterocycles. The van der Waals surface area contributed by atoms with Crippen LogP contribution >= 0.6 is 15.9 Å². The smallest absolute Gasteiger partial charge is 0.318 e. The molecule has 3 rings (SSSR count). The van der Waals surface area contributed by atoms with E-state index < -0.39 is 27.1 Å². The lowest BCUT2D eigenvalue weighted by molar-refractivity contribution is -0.394. The molecule has 0 heterocycles. The van der Waals surface area contributed by atoms with Crippen molar-refractivity contribution < 1.29 is 24.1 Å². The number of ether oxygens (including phenoxy) is 2. The maximum atomic E-state index is 12.5. The Morgan fingerprint density at radius 2 is 1.81 bits per heavy atom. The van der Waals surface area contributed by atoms with Gasteiger partial charge in [0.2, 0.25) is 5.75 Å². The second-order valence-corrected chi connectivity index (χ2v) is 7.99. The monoisotopic (exact) mass is 552 g/mol. The highest BCUT2D eigenvalue weighted by Gasteiger charge is 2.23. The number of nitro groups is 2. The van der Waals surface area contributed by atoms with Gasteiger partial charge in [-0.1, -0.05) is 30.3 Å². The van der Waals surface area contributed by atoms with Crippen molar-refractivity contribution in [2.45, 2.75) is 6.54 Å². The third kappa shape index (κ3) is 6.22. The number of hydrogen-bond donors (Lipinski definition) is 1. The Hall–Kier alpha value is -4.76. The number of nitriles is 1. The lowest BCUT2D eigenvalue weighted by Crippen LogP contribution is -2.23. The fourth-order valence-electron chi connectivity index (χ4n) is 3.07. The number of non-ortho nitro benzene ring substituents is 1. The molecule has 12 heteroatoms. The summed E-state index contributed by atoms with van der Waals surface area (Å²) < 4.78 is 11.3. The van der Waals surface area contributed by atoms with E-state index in [9.17, 15) is 30.3 Å². The van der Waals surface area contributed by atoms with Gasteiger partial charge >= 0.3 is 5.69 Å². The number of carbonyl (C=O) groups excluding carboxylic acids is 1. The first-order valence-electron chi connectivity index (χ1n) is 10.2. The molecule has 1 amide bonds. The van der Waals surface area contributed by atoms with Crippen molar-refractivity contribution in [3.63, 3.8) is 0 Å². The van der Waals surface area contributed by atoms with E-state index in [0.717, 1.165) is 23.8 Å². The summed E-state index contributed by atoms with van der Waals surface area (Å²) in [6.07, 6.45) is 1.35. The van der Waals surface area contributed by atoms with Gasteiger partial charge in [-0.15, -0.1) is 0 Å². The summed E-state index contributed by atoms with van der Waals surface area (Å²) in [4.78, 5) is 33.3. The number of benzene rings is 3. The van der Waals surface area contributed by atoms with Crippen LogP contribution in [-0.4, -0.2) is 22.9 Å². The Kier molecular flexibility index (Phi) is 8.32. The van der Waals surface area contributed by atoms with Crippen LogP contribution < -0.4 is 14.8 Å². The summed E-state index contributed by atoms with van der Waals surface area (Å²) in [5.41, 5.74) is 0.0590. The average Bonchev–Trinajstić information content (AvgIpc) is 2.87. The standard InChI is InChI=1S/C24H17BrN4O7/c1-35-22-11-16(9-17(13-26)24(30)27-14-15-5-3-2-4-6-15)10-19(25)23(22)36-21-8-7-18(28(31)32)12-20(21)29(33)34/h2-12H,14H2,1H3,(H,27,30)/b17-9+. The molecule has 0 atom stereocenters. The molecule has 0 unspecified atom stereocenters. The second kappa shape index (κ2) is 11.6. The SMILES string of the molecule is COc1cc(/C=C(\C#N)C(=O)NCc2ccccc2)cc(Br)c1Oc1ccc([N+](=O)[O-])cc1[N+](=O)[O-]. The van der Waals surface area contributed by atoms with Crippen molar-refractivity contribution in [3.8, 4) is 23.3 Å². The van der Waals surface area contributed by atoms with E-state index in [0.29, 0.717) is 10.0 Å². The second-order valence-electron chi connectivity index (χ2n) is 7.14. The fourth-order valence-corrected chi connectivity index (χ4v) is 3.61. The lowest BCUT2D eigenvalue weighted by atomic mass is 10.1. The molecule has 0 radical (unpaired) electrons. The Morgan fingerprint density at radius 3 is 2.42 bits per heavy atom. The molecule has 1 N–H and O–H groups in total. The largest absolute Gasteiger partial charge is 0.493 e. The van der Waals surface area contributed by atoms with Crippen molar-refractivity contribution in [2.75, 3.05) is 7.11 Å². The van der Waals surface area contributed by atoms with Gasteiger partial charge in [-0.3, -0.25) is 25.0 Å². The molecule has 0 fully saturated rings. The van der Waals surface area contributed by atoms with Crippen molar-refractivity contribution in [1.29, 1.82) is 5.26 Å². The summed E-state index contributed by atoms with van der Waals surface area (Å²) in [7, 11) is 1.34. The molecule has 3 aromatic rings. The number of halogens is 1. The van der Waals surface area contributed by atoms with Gasteiger partial charge in [-0.2, -0.15) is 5.26 Å². The Labute approximate surface area is 213 Å². The van der Waals surface area contributed by atoms with Gasteiger partial charge < -0.3 is 14.8 Å². The predicted molar refractivity (Wildman–Crippen MR) is 132 cm³/mol.